The average Bonchev–Trinajstić information content (AvgIpc) is 3.23. The van der Waals surface area contributed by atoms with Gasteiger partial charge in [0.1, 0.15) is 6.10 Å². The zero-order valence-corrected chi connectivity index (χ0v) is 12.6. The Morgan fingerprint density at radius 2 is 1.90 bits per heavy atom. The van der Waals surface area contributed by atoms with Gasteiger partial charge in [-0.1, -0.05) is 29.8 Å². The quantitative estimate of drug-likeness (QED) is 0.828. The number of hydrogen-bond donors (Lipinski definition) is 0. The Bertz CT molecular complexity index is 502. The summed E-state index contributed by atoms with van der Waals surface area (Å²) in [4.78, 5) is 14.5. The Morgan fingerprint density at radius 1 is 1.25 bits per heavy atom. The Morgan fingerprint density at radius 3 is 2.50 bits per heavy atom. The first-order valence-corrected chi connectivity index (χ1v) is 7.47. The van der Waals surface area contributed by atoms with Gasteiger partial charge in [0.05, 0.1) is 18.7 Å². The summed E-state index contributed by atoms with van der Waals surface area (Å²) in [5, 5.41) is 0. The highest BCUT2D eigenvalue weighted by Crippen LogP contribution is 2.37. The second kappa shape index (κ2) is 4.88. The molecule has 0 spiro atoms. The minimum Gasteiger partial charge on any atom is -0.369 e. The minimum absolute atomic E-state index is 0.00586. The molecular formula is C17H23NO2. The summed E-state index contributed by atoms with van der Waals surface area (Å²) in [7, 11) is 0. The summed E-state index contributed by atoms with van der Waals surface area (Å²) in [5.74, 6) is 0.585. The number of carbonyl (C=O) groups is 1. The van der Waals surface area contributed by atoms with Crippen molar-refractivity contribution in [1.29, 1.82) is 0 Å². The van der Waals surface area contributed by atoms with Crippen molar-refractivity contribution in [2.75, 3.05) is 13.2 Å². The van der Waals surface area contributed by atoms with Gasteiger partial charge >= 0.3 is 0 Å². The van der Waals surface area contributed by atoms with E-state index >= 15 is 0 Å². The van der Waals surface area contributed by atoms with E-state index in [1.54, 1.807) is 0 Å². The van der Waals surface area contributed by atoms with Crippen LogP contribution in [0.1, 0.15) is 43.9 Å². The Labute approximate surface area is 120 Å². The molecule has 1 aliphatic carbocycles. The standard InChI is InChI=1S/C17H23NO2/c1-12-4-6-13(7-5-12)15-10-18(16(19)14-8-9-14)17(2,3)11-20-15/h4-7,14-15H,8-11H2,1-3H3. The predicted octanol–water partition coefficient (Wildman–Crippen LogP) is 3.08. The second-order valence-corrected chi connectivity index (χ2v) is 6.75. The molecular weight excluding hydrogens is 250 g/mol. The molecule has 0 radical (unpaired) electrons. The molecule has 1 atom stereocenters. The van der Waals surface area contributed by atoms with Crippen LogP contribution in [0.2, 0.25) is 0 Å². The topological polar surface area (TPSA) is 29.5 Å². The molecule has 1 aliphatic heterocycles. The molecule has 0 aromatic heterocycles. The van der Waals surface area contributed by atoms with E-state index in [9.17, 15) is 4.79 Å². The molecule has 2 aliphatic rings. The summed E-state index contributed by atoms with van der Waals surface area (Å²) in [5.41, 5.74) is 2.22. The van der Waals surface area contributed by atoms with Gasteiger partial charge < -0.3 is 9.64 Å². The van der Waals surface area contributed by atoms with E-state index in [1.807, 2.05) is 4.90 Å². The maximum atomic E-state index is 12.5. The maximum absolute atomic E-state index is 12.5. The highest BCUT2D eigenvalue weighted by molar-refractivity contribution is 5.82. The van der Waals surface area contributed by atoms with E-state index in [1.165, 1.54) is 11.1 Å². The third-order valence-corrected chi connectivity index (χ3v) is 4.36. The number of nitrogens with zero attached hydrogens (tertiary/aromatic N) is 1. The molecule has 2 fully saturated rings. The number of hydrogen-bond acceptors (Lipinski definition) is 2. The molecule has 1 aromatic carbocycles. The lowest BCUT2D eigenvalue weighted by molar-refractivity contribution is -0.156. The van der Waals surface area contributed by atoms with E-state index < -0.39 is 0 Å². The molecule has 3 heteroatoms. The molecule has 1 aromatic rings. The number of rotatable bonds is 2. The van der Waals surface area contributed by atoms with Crippen molar-refractivity contribution >= 4 is 5.91 Å². The number of ether oxygens (including phenoxy) is 1. The molecule has 1 amide bonds. The van der Waals surface area contributed by atoms with Crippen LogP contribution in [0.15, 0.2) is 24.3 Å². The highest BCUT2D eigenvalue weighted by atomic mass is 16.5. The van der Waals surface area contributed by atoms with Gasteiger partial charge in [-0.3, -0.25) is 4.79 Å². The third kappa shape index (κ3) is 2.59. The van der Waals surface area contributed by atoms with Crippen molar-refractivity contribution in [1.82, 2.24) is 4.90 Å². The van der Waals surface area contributed by atoms with Gasteiger partial charge in [-0.15, -0.1) is 0 Å². The number of morpholine rings is 1. The Balaban J connectivity index is 1.78. The van der Waals surface area contributed by atoms with E-state index in [0.29, 0.717) is 19.1 Å². The van der Waals surface area contributed by atoms with Crippen LogP contribution in [-0.2, 0) is 9.53 Å². The van der Waals surface area contributed by atoms with Crippen molar-refractivity contribution in [2.24, 2.45) is 5.92 Å². The van der Waals surface area contributed by atoms with Crippen LogP contribution in [0, 0.1) is 12.8 Å². The van der Waals surface area contributed by atoms with E-state index in [0.717, 1.165) is 12.8 Å². The van der Waals surface area contributed by atoms with Gasteiger partial charge in [0, 0.05) is 5.92 Å². The number of carbonyl (C=O) groups excluding carboxylic acids is 1. The first-order valence-electron chi connectivity index (χ1n) is 7.47. The van der Waals surface area contributed by atoms with Gasteiger partial charge in [-0.25, -0.2) is 0 Å². The third-order valence-electron chi connectivity index (χ3n) is 4.36. The van der Waals surface area contributed by atoms with Crippen LogP contribution in [0.25, 0.3) is 0 Å². The van der Waals surface area contributed by atoms with Crippen LogP contribution < -0.4 is 0 Å². The van der Waals surface area contributed by atoms with Crippen LogP contribution >= 0.6 is 0 Å². The van der Waals surface area contributed by atoms with E-state index in [-0.39, 0.29) is 17.6 Å². The summed E-state index contributed by atoms with van der Waals surface area (Å²) in [6, 6.07) is 8.42. The fourth-order valence-electron chi connectivity index (χ4n) is 2.77. The highest BCUT2D eigenvalue weighted by Gasteiger charge is 2.43. The molecule has 1 heterocycles. The largest absolute Gasteiger partial charge is 0.369 e. The zero-order chi connectivity index (χ0) is 14.3. The Hall–Kier alpha value is -1.35. The molecule has 20 heavy (non-hydrogen) atoms. The van der Waals surface area contributed by atoms with Crippen molar-refractivity contribution in [2.45, 2.75) is 45.3 Å². The smallest absolute Gasteiger partial charge is 0.226 e. The van der Waals surface area contributed by atoms with Crippen molar-refractivity contribution in [3.8, 4) is 0 Å². The molecule has 0 bridgehead atoms. The molecule has 108 valence electrons. The predicted molar refractivity (Wildman–Crippen MR) is 78.4 cm³/mol. The lowest BCUT2D eigenvalue weighted by atomic mass is 9.97. The van der Waals surface area contributed by atoms with E-state index in [2.05, 4.69) is 45.0 Å². The Kier molecular flexibility index (Phi) is 3.33. The number of amides is 1. The van der Waals surface area contributed by atoms with Gasteiger partial charge in [-0.2, -0.15) is 0 Å². The minimum atomic E-state index is -0.194. The van der Waals surface area contributed by atoms with Crippen LogP contribution in [0.3, 0.4) is 0 Å². The molecule has 1 saturated heterocycles. The van der Waals surface area contributed by atoms with Crippen molar-refractivity contribution < 1.29 is 9.53 Å². The van der Waals surface area contributed by atoms with Crippen LogP contribution in [0.5, 0.6) is 0 Å². The van der Waals surface area contributed by atoms with Crippen LogP contribution in [0.4, 0.5) is 0 Å². The van der Waals surface area contributed by atoms with E-state index in [4.69, 9.17) is 4.74 Å². The summed E-state index contributed by atoms with van der Waals surface area (Å²) in [6.45, 7) is 7.55. The molecule has 0 N–H and O–H groups in total. The van der Waals surface area contributed by atoms with Crippen molar-refractivity contribution in [3.05, 3.63) is 35.4 Å². The molecule has 3 nitrogen and oxygen atoms in total. The van der Waals surface area contributed by atoms with Gasteiger partial charge in [0.15, 0.2) is 0 Å². The number of aryl methyl sites for hydroxylation is 1. The lowest BCUT2D eigenvalue weighted by Gasteiger charge is -2.45. The molecule has 3 rings (SSSR count). The summed E-state index contributed by atoms with van der Waals surface area (Å²) in [6.07, 6.45) is 2.12. The number of benzene rings is 1. The summed E-state index contributed by atoms with van der Waals surface area (Å²) < 4.78 is 6.01. The maximum Gasteiger partial charge on any atom is 0.226 e. The van der Waals surface area contributed by atoms with Crippen LogP contribution in [-0.4, -0.2) is 29.5 Å². The van der Waals surface area contributed by atoms with Crippen molar-refractivity contribution in [3.63, 3.8) is 0 Å². The lowest BCUT2D eigenvalue weighted by Crippen LogP contribution is -2.56. The molecule has 1 unspecified atom stereocenters. The van der Waals surface area contributed by atoms with Gasteiger partial charge in [0.2, 0.25) is 5.91 Å². The van der Waals surface area contributed by atoms with Gasteiger partial charge in [-0.05, 0) is 39.2 Å². The fraction of sp³-hybridized carbons (Fsp3) is 0.588. The average molecular weight is 273 g/mol. The normalized spacial score (nSPS) is 25.6. The van der Waals surface area contributed by atoms with Gasteiger partial charge in [0.25, 0.3) is 0 Å². The fourth-order valence-corrected chi connectivity index (χ4v) is 2.77. The zero-order valence-electron chi connectivity index (χ0n) is 12.6. The monoisotopic (exact) mass is 273 g/mol. The second-order valence-electron chi connectivity index (χ2n) is 6.75. The summed E-state index contributed by atoms with van der Waals surface area (Å²) >= 11 is 0. The SMILES string of the molecule is Cc1ccc(C2CN(C(=O)C3CC3)C(C)(C)CO2)cc1. The first kappa shape index (κ1) is 13.6. The molecule has 1 saturated carbocycles. The first-order chi connectivity index (χ1) is 9.47.